The molecule has 1 aromatic carbocycles. The molecule has 19 heavy (non-hydrogen) atoms. The summed E-state index contributed by atoms with van der Waals surface area (Å²) >= 11 is 6.08. The lowest BCUT2D eigenvalue weighted by Gasteiger charge is -2.17. The Morgan fingerprint density at radius 3 is 2.84 bits per heavy atom. The SMILES string of the molecule is C#CC1CC(=O)N(c2ccc(NC(C)=O)c(Cl)c2)C1. The van der Waals surface area contributed by atoms with Crippen LogP contribution in [-0.4, -0.2) is 18.4 Å². The van der Waals surface area contributed by atoms with Gasteiger partial charge in [-0.25, -0.2) is 0 Å². The third-order valence-corrected chi connectivity index (χ3v) is 3.25. The minimum atomic E-state index is -0.195. The van der Waals surface area contributed by atoms with Gasteiger partial charge in [0.15, 0.2) is 0 Å². The van der Waals surface area contributed by atoms with Crippen LogP contribution in [-0.2, 0) is 9.59 Å². The summed E-state index contributed by atoms with van der Waals surface area (Å²) in [6, 6.07) is 5.08. The maximum Gasteiger partial charge on any atom is 0.228 e. The fraction of sp³-hybridized carbons (Fsp3) is 0.286. The van der Waals surface area contributed by atoms with Gasteiger partial charge in [0.2, 0.25) is 11.8 Å². The van der Waals surface area contributed by atoms with Gasteiger partial charge in [0.05, 0.1) is 10.7 Å². The second kappa shape index (κ2) is 5.33. The van der Waals surface area contributed by atoms with Crippen molar-refractivity contribution in [3.63, 3.8) is 0 Å². The Labute approximate surface area is 116 Å². The van der Waals surface area contributed by atoms with Gasteiger partial charge in [-0.1, -0.05) is 11.6 Å². The van der Waals surface area contributed by atoms with Crippen LogP contribution in [0.1, 0.15) is 13.3 Å². The molecule has 1 fully saturated rings. The minimum Gasteiger partial charge on any atom is -0.325 e. The number of benzene rings is 1. The number of anilines is 2. The first-order valence-electron chi connectivity index (χ1n) is 5.85. The van der Waals surface area contributed by atoms with Gasteiger partial charge >= 0.3 is 0 Å². The summed E-state index contributed by atoms with van der Waals surface area (Å²) in [5.41, 5.74) is 1.22. The number of rotatable bonds is 2. The van der Waals surface area contributed by atoms with E-state index in [1.54, 1.807) is 23.1 Å². The molecule has 0 aliphatic carbocycles. The van der Waals surface area contributed by atoms with Gasteiger partial charge < -0.3 is 10.2 Å². The molecular formula is C14H13ClN2O2. The summed E-state index contributed by atoms with van der Waals surface area (Å²) in [4.78, 5) is 24.4. The fourth-order valence-electron chi connectivity index (χ4n) is 2.03. The van der Waals surface area contributed by atoms with Crippen LogP contribution in [0.2, 0.25) is 5.02 Å². The van der Waals surface area contributed by atoms with E-state index in [-0.39, 0.29) is 17.7 Å². The number of amides is 2. The molecular weight excluding hydrogens is 264 g/mol. The van der Waals surface area contributed by atoms with Crippen molar-refractivity contribution in [3.05, 3.63) is 23.2 Å². The van der Waals surface area contributed by atoms with Crippen molar-refractivity contribution in [2.45, 2.75) is 13.3 Å². The number of nitrogens with zero attached hydrogens (tertiary/aromatic N) is 1. The van der Waals surface area contributed by atoms with E-state index in [2.05, 4.69) is 11.2 Å². The van der Waals surface area contributed by atoms with E-state index in [4.69, 9.17) is 18.0 Å². The van der Waals surface area contributed by atoms with Crippen LogP contribution < -0.4 is 10.2 Å². The van der Waals surface area contributed by atoms with Crippen LogP contribution >= 0.6 is 11.6 Å². The van der Waals surface area contributed by atoms with Crippen molar-refractivity contribution < 1.29 is 9.59 Å². The van der Waals surface area contributed by atoms with Crippen molar-refractivity contribution in [2.24, 2.45) is 5.92 Å². The fourth-order valence-corrected chi connectivity index (χ4v) is 2.25. The second-order valence-corrected chi connectivity index (χ2v) is 4.82. The summed E-state index contributed by atoms with van der Waals surface area (Å²) in [5, 5.41) is 3.01. The van der Waals surface area contributed by atoms with Crippen LogP contribution in [0, 0.1) is 18.3 Å². The van der Waals surface area contributed by atoms with E-state index in [0.717, 1.165) is 0 Å². The lowest BCUT2D eigenvalue weighted by atomic mass is 10.1. The zero-order valence-corrected chi connectivity index (χ0v) is 11.2. The van der Waals surface area contributed by atoms with Crippen molar-refractivity contribution in [1.29, 1.82) is 0 Å². The number of carbonyl (C=O) groups is 2. The molecule has 4 nitrogen and oxygen atoms in total. The predicted octanol–water partition coefficient (Wildman–Crippen LogP) is 2.28. The molecule has 0 spiro atoms. The molecule has 0 aromatic heterocycles. The molecule has 0 radical (unpaired) electrons. The van der Waals surface area contributed by atoms with E-state index in [1.807, 2.05) is 0 Å². The number of carbonyl (C=O) groups excluding carboxylic acids is 2. The lowest BCUT2D eigenvalue weighted by molar-refractivity contribution is -0.117. The number of hydrogen-bond acceptors (Lipinski definition) is 2. The topological polar surface area (TPSA) is 49.4 Å². The Kier molecular flexibility index (Phi) is 3.77. The Bertz CT molecular complexity index is 577. The second-order valence-electron chi connectivity index (χ2n) is 4.42. The lowest BCUT2D eigenvalue weighted by Crippen LogP contribution is -2.24. The Balaban J connectivity index is 2.23. The summed E-state index contributed by atoms with van der Waals surface area (Å²) < 4.78 is 0. The first kappa shape index (κ1) is 13.4. The first-order chi connectivity index (χ1) is 9.01. The van der Waals surface area contributed by atoms with Crippen LogP contribution in [0.25, 0.3) is 0 Å². The third kappa shape index (κ3) is 2.88. The van der Waals surface area contributed by atoms with Crippen LogP contribution in [0.4, 0.5) is 11.4 Å². The number of halogens is 1. The largest absolute Gasteiger partial charge is 0.325 e. The summed E-state index contributed by atoms with van der Waals surface area (Å²) in [5.74, 6) is 2.34. The van der Waals surface area contributed by atoms with E-state index < -0.39 is 0 Å². The highest BCUT2D eigenvalue weighted by atomic mass is 35.5. The molecule has 1 atom stereocenters. The first-order valence-corrected chi connectivity index (χ1v) is 6.22. The Morgan fingerprint density at radius 1 is 1.58 bits per heavy atom. The molecule has 1 unspecified atom stereocenters. The highest BCUT2D eigenvalue weighted by Gasteiger charge is 2.29. The highest BCUT2D eigenvalue weighted by Crippen LogP contribution is 2.31. The standard InChI is InChI=1S/C14H13ClN2O2/c1-3-10-6-14(19)17(8-10)11-4-5-13(12(15)7-11)16-9(2)18/h1,4-5,7,10H,6,8H2,2H3,(H,16,18). The normalized spacial score (nSPS) is 18.3. The third-order valence-electron chi connectivity index (χ3n) is 2.94. The Hall–Kier alpha value is -1.99. The van der Waals surface area contributed by atoms with E-state index >= 15 is 0 Å². The van der Waals surface area contributed by atoms with Crippen molar-refractivity contribution in [1.82, 2.24) is 0 Å². The number of nitrogens with one attached hydrogen (secondary N) is 1. The molecule has 0 bridgehead atoms. The molecule has 5 heteroatoms. The zero-order valence-electron chi connectivity index (χ0n) is 10.4. The zero-order chi connectivity index (χ0) is 14.0. The van der Waals surface area contributed by atoms with Gasteiger partial charge in [-0.2, -0.15) is 0 Å². The van der Waals surface area contributed by atoms with Crippen molar-refractivity contribution >= 4 is 34.8 Å². The average molecular weight is 277 g/mol. The maximum atomic E-state index is 11.8. The molecule has 1 aliphatic rings. The van der Waals surface area contributed by atoms with Gasteiger partial charge in [0.25, 0.3) is 0 Å². The van der Waals surface area contributed by atoms with E-state index in [9.17, 15) is 9.59 Å². The molecule has 2 amide bonds. The summed E-state index contributed by atoms with van der Waals surface area (Å²) in [6.07, 6.45) is 5.71. The number of terminal acetylenes is 1. The van der Waals surface area contributed by atoms with Crippen LogP contribution in [0.15, 0.2) is 18.2 Å². The Morgan fingerprint density at radius 2 is 2.32 bits per heavy atom. The maximum absolute atomic E-state index is 11.8. The molecule has 1 aromatic rings. The molecule has 2 rings (SSSR count). The van der Waals surface area contributed by atoms with Crippen molar-refractivity contribution in [3.8, 4) is 12.3 Å². The molecule has 98 valence electrons. The molecule has 1 saturated heterocycles. The smallest absolute Gasteiger partial charge is 0.228 e. The molecule has 1 heterocycles. The van der Waals surface area contributed by atoms with E-state index in [1.165, 1.54) is 6.92 Å². The van der Waals surface area contributed by atoms with Gasteiger partial charge in [-0.3, -0.25) is 9.59 Å². The quantitative estimate of drug-likeness (QED) is 0.843. The van der Waals surface area contributed by atoms with Crippen LogP contribution in [0.3, 0.4) is 0 Å². The van der Waals surface area contributed by atoms with E-state index in [0.29, 0.717) is 29.4 Å². The van der Waals surface area contributed by atoms with Crippen LogP contribution in [0.5, 0.6) is 0 Å². The van der Waals surface area contributed by atoms with Gasteiger partial charge in [0.1, 0.15) is 0 Å². The molecule has 0 saturated carbocycles. The van der Waals surface area contributed by atoms with Gasteiger partial charge in [-0.05, 0) is 18.2 Å². The average Bonchev–Trinajstić information content (AvgIpc) is 2.73. The molecule has 1 aliphatic heterocycles. The highest BCUT2D eigenvalue weighted by molar-refractivity contribution is 6.34. The summed E-state index contributed by atoms with van der Waals surface area (Å²) in [6.45, 7) is 1.91. The number of hydrogen-bond donors (Lipinski definition) is 1. The minimum absolute atomic E-state index is 0.00806. The van der Waals surface area contributed by atoms with Gasteiger partial charge in [-0.15, -0.1) is 12.3 Å². The van der Waals surface area contributed by atoms with Gasteiger partial charge in [0, 0.05) is 31.5 Å². The summed E-state index contributed by atoms with van der Waals surface area (Å²) in [7, 11) is 0. The molecule has 1 N–H and O–H groups in total. The predicted molar refractivity (Wildman–Crippen MR) is 75.0 cm³/mol. The monoisotopic (exact) mass is 276 g/mol. The van der Waals surface area contributed by atoms with Crippen molar-refractivity contribution in [2.75, 3.05) is 16.8 Å².